The maximum atomic E-state index is 12.7. The number of rotatable bonds is 6. The van der Waals surface area contributed by atoms with Gasteiger partial charge in [-0.2, -0.15) is 0 Å². The lowest BCUT2D eigenvalue weighted by atomic mass is 10.1. The van der Waals surface area contributed by atoms with Crippen LogP contribution in [0.15, 0.2) is 77.7 Å². The molecule has 0 aromatic heterocycles. The molecule has 0 aliphatic rings. The number of hydrogen-bond donors (Lipinski definition) is 2. The highest BCUT2D eigenvalue weighted by Crippen LogP contribution is 2.20. The molecule has 0 radical (unpaired) electrons. The molecule has 0 spiro atoms. The van der Waals surface area contributed by atoms with Crippen LogP contribution in [0.3, 0.4) is 0 Å². The summed E-state index contributed by atoms with van der Waals surface area (Å²) < 4.78 is 28.1. The van der Waals surface area contributed by atoms with E-state index in [0.717, 1.165) is 16.7 Å². The lowest BCUT2D eigenvalue weighted by molar-refractivity contribution is 0.0950. The van der Waals surface area contributed by atoms with Gasteiger partial charge in [-0.3, -0.25) is 9.52 Å². The quantitative estimate of drug-likeness (QED) is 0.663. The van der Waals surface area contributed by atoms with Gasteiger partial charge in [0.15, 0.2) is 0 Å². The monoisotopic (exact) mass is 394 g/mol. The van der Waals surface area contributed by atoms with Gasteiger partial charge in [-0.05, 0) is 60.9 Å². The Kier molecular flexibility index (Phi) is 5.80. The van der Waals surface area contributed by atoms with Gasteiger partial charge in [-0.25, -0.2) is 8.42 Å². The van der Waals surface area contributed by atoms with Gasteiger partial charge in [0.1, 0.15) is 0 Å². The molecule has 2 N–H and O–H groups in total. The van der Waals surface area contributed by atoms with Crippen LogP contribution in [0.4, 0.5) is 5.69 Å². The number of anilines is 1. The van der Waals surface area contributed by atoms with Crippen molar-refractivity contribution in [1.29, 1.82) is 0 Å². The predicted molar refractivity (Wildman–Crippen MR) is 111 cm³/mol. The molecular formula is C22H22N2O3S. The predicted octanol–water partition coefficient (Wildman–Crippen LogP) is 4.03. The fourth-order valence-corrected chi connectivity index (χ4v) is 4.02. The molecule has 0 saturated heterocycles. The topological polar surface area (TPSA) is 75.3 Å². The molecule has 0 fully saturated rings. The molecule has 3 aromatic carbocycles. The molecule has 0 aliphatic carbocycles. The summed E-state index contributed by atoms with van der Waals surface area (Å²) in [7, 11) is -3.80. The Morgan fingerprint density at radius 2 is 1.54 bits per heavy atom. The van der Waals surface area contributed by atoms with Gasteiger partial charge >= 0.3 is 0 Å². The lowest BCUT2D eigenvalue weighted by Crippen LogP contribution is -2.23. The molecule has 5 nitrogen and oxygen atoms in total. The highest BCUT2D eigenvalue weighted by molar-refractivity contribution is 7.92. The van der Waals surface area contributed by atoms with Crippen LogP contribution in [0.2, 0.25) is 0 Å². The summed E-state index contributed by atoms with van der Waals surface area (Å²) in [4.78, 5) is 12.5. The van der Waals surface area contributed by atoms with Crippen LogP contribution in [0, 0.1) is 13.8 Å². The van der Waals surface area contributed by atoms with E-state index in [1.807, 2.05) is 50.2 Å². The van der Waals surface area contributed by atoms with Gasteiger partial charge in [0.2, 0.25) is 0 Å². The first-order chi connectivity index (χ1) is 13.3. The van der Waals surface area contributed by atoms with E-state index in [1.54, 1.807) is 24.3 Å². The molecular weight excluding hydrogens is 372 g/mol. The first kappa shape index (κ1) is 19.6. The van der Waals surface area contributed by atoms with Crippen LogP contribution in [0.25, 0.3) is 0 Å². The van der Waals surface area contributed by atoms with E-state index in [-0.39, 0.29) is 10.8 Å². The standard InChI is InChI=1S/C22H22N2O3S/c1-16-11-17(2)13-20(12-16)24-28(26,27)21-10-6-9-19(14-21)22(25)23-15-18-7-4-3-5-8-18/h3-14,24H,15H2,1-2H3,(H,23,25). The zero-order chi connectivity index (χ0) is 20.1. The van der Waals surface area contributed by atoms with Crippen molar-refractivity contribution in [2.45, 2.75) is 25.3 Å². The van der Waals surface area contributed by atoms with Crippen molar-refractivity contribution >= 4 is 21.6 Å². The minimum absolute atomic E-state index is 0.0408. The third-order valence-corrected chi connectivity index (χ3v) is 5.56. The Hall–Kier alpha value is -3.12. The number of sulfonamides is 1. The van der Waals surface area contributed by atoms with E-state index < -0.39 is 10.0 Å². The molecule has 0 bridgehead atoms. The van der Waals surface area contributed by atoms with E-state index in [4.69, 9.17) is 0 Å². The van der Waals surface area contributed by atoms with Crippen LogP contribution >= 0.6 is 0 Å². The van der Waals surface area contributed by atoms with Crippen molar-refractivity contribution in [2.24, 2.45) is 0 Å². The summed E-state index contributed by atoms with van der Waals surface area (Å²) in [6.07, 6.45) is 0. The van der Waals surface area contributed by atoms with Crippen LogP contribution < -0.4 is 10.0 Å². The average molecular weight is 394 g/mol. The highest BCUT2D eigenvalue weighted by Gasteiger charge is 2.17. The molecule has 0 unspecified atom stereocenters. The van der Waals surface area contributed by atoms with Gasteiger partial charge < -0.3 is 5.32 Å². The third-order valence-electron chi connectivity index (χ3n) is 4.18. The van der Waals surface area contributed by atoms with Crippen LogP contribution in [-0.2, 0) is 16.6 Å². The number of carbonyl (C=O) groups excluding carboxylic acids is 1. The summed E-state index contributed by atoms with van der Waals surface area (Å²) in [5, 5.41) is 2.80. The van der Waals surface area contributed by atoms with E-state index in [1.165, 1.54) is 12.1 Å². The number of hydrogen-bond acceptors (Lipinski definition) is 3. The zero-order valence-electron chi connectivity index (χ0n) is 15.8. The molecule has 28 heavy (non-hydrogen) atoms. The Bertz CT molecular complexity index is 1070. The summed E-state index contributed by atoms with van der Waals surface area (Å²) in [6.45, 7) is 4.18. The second-order valence-electron chi connectivity index (χ2n) is 6.68. The Labute approximate surface area is 165 Å². The summed E-state index contributed by atoms with van der Waals surface area (Å²) in [5.74, 6) is -0.327. The van der Waals surface area contributed by atoms with Crippen LogP contribution in [-0.4, -0.2) is 14.3 Å². The first-order valence-corrected chi connectivity index (χ1v) is 10.4. The Morgan fingerprint density at radius 3 is 2.21 bits per heavy atom. The highest BCUT2D eigenvalue weighted by atomic mass is 32.2. The minimum Gasteiger partial charge on any atom is -0.348 e. The molecule has 0 aliphatic heterocycles. The van der Waals surface area contributed by atoms with E-state index in [0.29, 0.717) is 17.8 Å². The lowest BCUT2D eigenvalue weighted by Gasteiger charge is -2.11. The number of carbonyl (C=O) groups is 1. The fourth-order valence-electron chi connectivity index (χ4n) is 2.93. The number of nitrogens with one attached hydrogen (secondary N) is 2. The normalized spacial score (nSPS) is 11.1. The van der Waals surface area contributed by atoms with E-state index in [2.05, 4.69) is 10.0 Å². The molecule has 0 heterocycles. The van der Waals surface area contributed by atoms with Crippen molar-refractivity contribution in [2.75, 3.05) is 4.72 Å². The number of aryl methyl sites for hydroxylation is 2. The zero-order valence-corrected chi connectivity index (χ0v) is 16.6. The van der Waals surface area contributed by atoms with Crippen LogP contribution in [0.5, 0.6) is 0 Å². The van der Waals surface area contributed by atoms with Crippen molar-refractivity contribution in [3.63, 3.8) is 0 Å². The maximum absolute atomic E-state index is 12.7. The second-order valence-corrected chi connectivity index (χ2v) is 8.36. The van der Waals surface area contributed by atoms with Crippen LogP contribution in [0.1, 0.15) is 27.0 Å². The number of benzene rings is 3. The fraction of sp³-hybridized carbons (Fsp3) is 0.136. The van der Waals surface area contributed by atoms with Gasteiger partial charge in [0.25, 0.3) is 15.9 Å². The summed E-state index contributed by atoms with van der Waals surface area (Å²) in [6, 6.07) is 21.0. The average Bonchev–Trinajstić information content (AvgIpc) is 2.66. The largest absolute Gasteiger partial charge is 0.348 e. The Balaban J connectivity index is 1.76. The molecule has 1 amide bonds. The van der Waals surface area contributed by atoms with Gasteiger partial charge in [-0.1, -0.05) is 42.5 Å². The van der Waals surface area contributed by atoms with Gasteiger partial charge in [-0.15, -0.1) is 0 Å². The number of amides is 1. The van der Waals surface area contributed by atoms with Gasteiger partial charge in [0.05, 0.1) is 4.90 Å². The summed E-state index contributed by atoms with van der Waals surface area (Å²) in [5.41, 5.74) is 3.69. The van der Waals surface area contributed by atoms with E-state index in [9.17, 15) is 13.2 Å². The third kappa shape index (κ3) is 4.98. The van der Waals surface area contributed by atoms with Crippen molar-refractivity contribution in [3.8, 4) is 0 Å². The first-order valence-electron chi connectivity index (χ1n) is 8.87. The van der Waals surface area contributed by atoms with Gasteiger partial charge in [0, 0.05) is 17.8 Å². The van der Waals surface area contributed by atoms with Crippen molar-refractivity contribution in [1.82, 2.24) is 5.32 Å². The molecule has 0 atom stereocenters. The SMILES string of the molecule is Cc1cc(C)cc(NS(=O)(=O)c2cccc(C(=O)NCc3ccccc3)c2)c1. The molecule has 3 rings (SSSR count). The maximum Gasteiger partial charge on any atom is 0.261 e. The Morgan fingerprint density at radius 1 is 0.857 bits per heavy atom. The van der Waals surface area contributed by atoms with Crippen molar-refractivity contribution < 1.29 is 13.2 Å². The molecule has 144 valence electrons. The summed E-state index contributed by atoms with van der Waals surface area (Å²) >= 11 is 0. The molecule has 6 heteroatoms. The second kappa shape index (κ2) is 8.27. The van der Waals surface area contributed by atoms with E-state index >= 15 is 0 Å². The molecule has 0 saturated carbocycles. The van der Waals surface area contributed by atoms with Crippen molar-refractivity contribution in [3.05, 3.63) is 95.1 Å². The smallest absolute Gasteiger partial charge is 0.261 e. The molecule has 3 aromatic rings. The minimum atomic E-state index is -3.80.